The number of nitrogens with zero attached hydrogens (tertiary/aromatic N) is 4. The van der Waals surface area contributed by atoms with Crippen LogP contribution in [0, 0.1) is 0 Å². The fourth-order valence-corrected chi connectivity index (χ4v) is 2.83. The predicted molar refractivity (Wildman–Crippen MR) is 84.5 cm³/mol. The third-order valence-corrected chi connectivity index (χ3v) is 3.88. The van der Waals surface area contributed by atoms with E-state index in [1.807, 2.05) is 11.6 Å². The Hall–Kier alpha value is -2.45. The van der Waals surface area contributed by atoms with Crippen molar-refractivity contribution in [2.24, 2.45) is 5.10 Å². The van der Waals surface area contributed by atoms with Crippen molar-refractivity contribution in [3.63, 3.8) is 0 Å². The Labute approximate surface area is 133 Å². The fraction of sp³-hybridized carbons (Fsp3) is 0.0769. The van der Waals surface area contributed by atoms with Crippen LogP contribution >= 0.6 is 22.9 Å². The van der Waals surface area contributed by atoms with E-state index in [0.717, 1.165) is 4.96 Å². The molecule has 9 heteroatoms. The van der Waals surface area contributed by atoms with E-state index in [2.05, 4.69) is 15.5 Å². The number of carbonyl (C=O) groups is 1. The molecule has 3 aromatic rings. The minimum atomic E-state index is -0.410. The number of fused-ring (bicyclic) bond motifs is 1. The highest BCUT2D eigenvalue weighted by Crippen LogP contribution is 2.19. The van der Waals surface area contributed by atoms with Gasteiger partial charge in [0.15, 0.2) is 10.1 Å². The summed E-state index contributed by atoms with van der Waals surface area (Å²) >= 11 is 7.45. The van der Waals surface area contributed by atoms with E-state index in [4.69, 9.17) is 11.6 Å². The van der Waals surface area contributed by atoms with Crippen LogP contribution in [0.4, 0.5) is 0 Å². The quantitative estimate of drug-likeness (QED) is 0.577. The van der Waals surface area contributed by atoms with Crippen molar-refractivity contribution >= 4 is 40.0 Å². The minimum Gasteiger partial charge on any atom is -0.306 e. The molecule has 0 aliphatic heterocycles. The Kier molecular flexibility index (Phi) is 4.03. The van der Waals surface area contributed by atoms with E-state index in [1.165, 1.54) is 34.4 Å². The third-order valence-electron chi connectivity index (χ3n) is 2.84. The lowest BCUT2D eigenvalue weighted by molar-refractivity contribution is -0.121. The van der Waals surface area contributed by atoms with Gasteiger partial charge in [0.1, 0.15) is 12.2 Å². The predicted octanol–water partition coefficient (Wildman–Crippen LogP) is 1.36. The number of thiazole rings is 1. The summed E-state index contributed by atoms with van der Waals surface area (Å²) < 4.78 is 3.05. The first-order valence-electron chi connectivity index (χ1n) is 6.23. The molecule has 112 valence electrons. The molecule has 0 spiro atoms. The lowest BCUT2D eigenvalue weighted by atomic mass is 10.4. The SMILES string of the molecule is O=C(Cn1ccccc1=O)N/N=C\c1c(Cl)nc2sccn12. The van der Waals surface area contributed by atoms with Crippen molar-refractivity contribution in [2.45, 2.75) is 6.54 Å². The molecule has 0 radical (unpaired) electrons. The van der Waals surface area contributed by atoms with Gasteiger partial charge in [-0.15, -0.1) is 11.3 Å². The number of imidazole rings is 1. The number of rotatable bonds is 4. The topological polar surface area (TPSA) is 80.8 Å². The van der Waals surface area contributed by atoms with Gasteiger partial charge in [0, 0.05) is 23.8 Å². The summed E-state index contributed by atoms with van der Waals surface area (Å²) in [5, 5.41) is 6.03. The smallest absolute Gasteiger partial charge is 0.260 e. The Bertz CT molecular complexity index is 910. The number of carbonyl (C=O) groups excluding carboxylic acids is 1. The van der Waals surface area contributed by atoms with Crippen molar-refractivity contribution < 1.29 is 4.79 Å². The summed E-state index contributed by atoms with van der Waals surface area (Å²) in [5.74, 6) is -0.410. The number of halogens is 1. The zero-order valence-electron chi connectivity index (χ0n) is 11.1. The van der Waals surface area contributed by atoms with E-state index in [1.54, 1.807) is 16.5 Å². The van der Waals surface area contributed by atoms with Gasteiger partial charge in [-0.05, 0) is 6.07 Å². The normalized spacial score (nSPS) is 11.3. The van der Waals surface area contributed by atoms with E-state index in [0.29, 0.717) is 10.8 Å². The molecule has 1 amide bonds. The molecular weight excluding hydrogens is 326 g/mol. The van der Waals surface area contributed by atoms with Crippen molar-refractivity contribution in [1.82, 2.24) is 19.4 Å². The second-order valence-corrected chi connectivity index (χ2v) is 5.53. The van der Waals surface area contributed by atoms with Gasteiger partial charge in [-0.25, -0.2) is 10.4 Å². The number of aromatic nitrogens is 3. The summed E-state index contributed by atoms with van der Waals surface area (Å²) in [6, 6.07) is 4.68. The first kappa shape index (κ1) is 14.5. The summed E-state index contributed by atoms with van der Waals surface area (Å²) in [6.07, 6.45) is 4.76. The lowest BCUT2D eigenvalue weighted by Gasteiger charge is -2.02. The van der Waals surface area contributed by atoms with Crippen molar-refractivity contribution in [3.8, 4) is 0 Å². The average Bonchev–Trinajstić information content (AvgIpc) is 3.04. The molecule has 0 aliphatic carbocycles. The van der Waals surface area contributed by atoms with Crippen LogP contribution < -0.4 is 11.0 Å². The molecule has 0 fully saturated rings. The molecule has 0 bridgehead atoms. The Balaban J connectivity index is 1.68. The van der Waals surface area contributed by atoms with Crippen LogP contribution in [0.15, 0.2) is 45.9 Å². The number of amides is 1. The van der Waals surface area contributed by atoms with Gasteiger partial charge in [-0.3, -0.25) is 14.0 Å². The maximum atomic E-state index is 11.8. The van der Waals surface area contributed by atoms with Gasteiger partial charge in [-0.2, -0.15) is 5.10 Å². The Morgan fingerprint density at radius 1 is 1.45 bits per heavy atom. The first-order chi connectivity index (χ1) is 10.6. The number of pyridine rings is 1. The van der Waals surface area contributed by atoms with Gasteiger partial charge in [-0.1, -0.05) is 17.7 Å². The van der Waals surface area contributed by atoms with Crippen LogP contribution in [0.25, 0.3) is 4.96 Å². The highest BCUT2D eigenvalue weighted by molar-refractivity contribution is 7.15. The number of hydrazone groups is 1. The fourth-order valence-electron chi connectivity index (χ4n) is 1.84. The molecule has 3 heterocycles. The van der Waals surface area contributed by atoms with E-state index in [9.17, 15) is 9.59 Å². The second-order valence-electron chi connectivity index (χ2n) is 4.30. The Morgan fingerprint density at radius 2 is 2.32 bits per heavy atom. The zero-order chi connectivity index (χ0) is 15.5. The Morgan fingerprint density at radius 3 is 3.14 bits per heavy atom. The van der Waals surface area contributed by atoms with Crippen LogP contribution in [-0.4, -0.2) is 26.1 Å². The molecular formula is C13H10ClN5O2S. The summed E-state index contributed by atoms with van der Waals surface area (Å²) in [4.78, 5) is 28.1. The number of hydrogen-bond acceptors (Lipinski definition) is 5. The maximum absolute atomic E-state index is 11.8. The van der Waals surface area contributed by atoms with Gasteiger partial charge in [0.25, 0.3) is 11.5 Å². The monoisotopic (exact) mass is 335 g/mol. The van der Waals surface area contributed by atoms with Crippen molar-refractivity contribution in [3.05, 3.63) is 57.2 Å². The molecule has 7 nitrogen and oxygen atoms in total. The molecule has 22 heavy (non-hydrogen) atoms. The van der Waals surface area contributed by atoms with Crippen LogP contribution in [0.1, 0.15) is 5.69 Å². The molecule has 3 aromatic heterocycles. The summed E-state index contributed by atoms with van der Waals surface area (Å²) in [5.41, 5.74) is 2.68. The molecule has 3 rings (SSSR count). The van der Waals surface area contributed by atoms with E-state index in [-0.39, 0.29) is 12.1 Å². The first-order valence-corrected chi connectivity index (χ1v) is 7.49. The molecule has 0 saturated heterocycles. The van der Waals surface area contributed by atoms with Gasteiger partial charge < -0.3 is 4.57 Å². The van der Waals surface area contributed by atoms with Crippen LogP contribution in [0.5, 0.6) is 0 Å². The number of hydrogen-bond donors (Lipinski definition) is 1. The highest BCUT2D eigenvalue weighted by Gasteiger charge is 2.09. The van der Waals surface area contributed by atoms with Gasteiger partial charge in [0.2, 0.25) is 0 Å². The van der Waals surface area contributed by atoms with Crippen LogP contribution in [0.2, 0.25) is 5.15 Å². The molecule has 0 aromatic carbocycles. The van der Waals surface area contributed by atoms with E-state index < -0.39 is 5.91 Å². The highest BCUT2D eigenvalue weighted by atomic mass is 35.5. The van der Waals surface area contributed by atoms with Crippen molar-refractivity contribution in [2.75, 3.05) is 0 Å². The molecule has 1 N–H and O–H groups in total. The third kappa shape index (κ3) is 2.92. The summed E-state index contributed by atoms with van der Waals surface area (Å²) in [6.45, 7) is -0.106. The van der Waals surface area contributed by atoms with Gasteiger partial charge >= 0.3 is 0 Å². The molecule has 0 aliphatic rings. The zero-order valence-corrected chi connectivity index (χ0v) is 12.7. The maximum Gasteiger partial charge on any atom is 0.260 e. The van der Waals surface area contributed by atoms with Gasteiger partial charge in [0.05, 0.1) is 6.21 Å². The molecule has 0 saturated carbocycles. The molecule has 0 unspecified atom stereocenters. The van der Waals surface area contributed by atoms with Crippen LogP contribution in [-0.2, 0) is 11.3 Å². The minimum absolute atomic E-state index is 0.106. The second kappa shape index (κ2) is 6.12. The number of nitrogens with one attached hydrogen (secondary N) is 1. The van der Waals surface area contributed by atoms with Crippen LogP contribution in [0.3, 0.4) is 0 Å². The van der Waals surface area contributed by atoms with Crippen molar-refractivity contribution in [1.29, 1.82) is 0 Å². The van der Waals surface area contributed by atoms with E-state index >= 15 is 0 Å². The molecule has 0 atom stereocenters. The largest absolute Gasteiger partial charge is 0.306 e. The summed E-state index contributed by atoms with van der Waals surface area (Å²) in [7, 11) is 0. The average molecular weight is 336 g/mol. The lowest BCUT2D eigenvalue weighted by Crippen LogP contribution is -2.29. The standard InChI is InChI=1S/C13H10ClN5O2S/c14-12-9(19-5-6-22-13(19)16-12)7-15-17-10(20)8-18-4-2-1-3-11(18)21/h1-7H,8H2,(H,17,20)/b15-7-.